The summed E-state index contributed by atoms with van der Waals surface area (Å²) in [5, 5.41) is 9.64. The van der Waals surface area contributed by atoms with E-state index in [1.807, 2.05) is 12.1 Å². The topological polar surface area (TPSA) is 16.4 Å². The number of nitrogens with zero attached hydrogens (tertiary/aromatic N) is 1. The number of rotatable bonds is 7. The summed E-state index contributed by atoms with van der Waals surface area (Å²) in [5.74, 6) is 0. The molecule has 0 amide bonds. The van der Waals surface area contributed by atoms with E-state index >= 15 is 0 Å². The molecule has 0 N–H and O–H groups in total. The molecule has 2 heteroatoms. The van der Waals surface area contributed by atoms with Crippen LogP contribution >= 0.6 is 0 Å². The average Bonchev–Trinajstić information content (AvgIpc) is 3.72. The number of furan rings is 1. The van der Waals surface area contributed by atoms with Crippen LogP contribution in [0.2, 0.25) is 0 Å². The Bertz CT molecular complexity index is 3640. The minimum absolute atomic E-state index is 0.876. The van der Waals surface area contributed by atoms with Gasteiger partial charge in [-0.15, -0.1) is 0 Å². The molecule has 0 saturated heterocycles. The smallest absolute Gasteiger partial charge is 0.135 e. The number of hydrogen-bond donors (Lipinski definition) is 0. The maximum Gasteiger partial charge on any atom is 0.135 e. The van der Waals surface area contributed by atoms with E-state index in [-0.39, 0.29) is 0 Å². The maximum atomic E-state index is 6.31. The Morgan fingerprint density at radius 2 is 0.742 bits per heavy atom. The fraction of sp³-hybridized carbons (Fsp3) is 0. The molecule has 0 aliphatic heterocycles. The van der Waals surface area contributed by atoms with E-state index in [9.17, 15) is 0 Å². The van der Waals surface area contributed by atoms with E-state index in [1.165, 1.54) is 60.1 Å². The Hall–Kier alpha value is -8.20. The van der Waals surface area contributed by atoms with Crippen molar-refractivity contribution in [3.8, 4) is 44.5 Å². The quantitative estimate of drug-likeness (QED) is 0.150. The normalized spacial score (nSPS) is 11.5. The summed E-state index contributed by atoms with van der Waals surface area (Å²) in [6, 6.07) is 85.6. The first-order valence-electron chi connectivity index (χ1n) is 21.2. The van der Waals surface area contributed by atoms with Crippen molar-refractivity contribution in [2.75, 3.05) is 4.90 Å². The predicted molar refractivity (Wildman–Crippen MR) is 263 cm³/mol. The second kappa shape index (κ2) is 14.8. The van der Waals surface area contributed by atoms with Gasteiger partial charge in [-0.2, -0.15) is 0 Å². The van der Waals surface area contributed by atoms with Crippen LogP contribution in [0.4, 0.5) is 17.1 Å². The molecule has 0 fully saturated rings. The van der Waals surface area contributed by atoms with Gasteiger partial charge in [0.15, 0.2) is 0 Å². The van der Waals surface area contributed by atoms with Crippen LogP contribution in [0.1, 0.15) is 0 Å². The molecule has 0 unspecified atom stereocenters. The summed E-state index contributed by atoms with van der Waals surface area (Å²) in [6.07, 6.45) is 0. The zero-order valence-corrected chi connectivity index (χ0v) is 33.9. The van der Waals surface area contributed by atoms with Gasteiger partial charge in [-0.05, 0) is 137 Å². The molecule has 1 aromatic heterocycles. The van der Waals surface area contributed by atoms with Crippen molar-refractivity contribution in [1.82, 2.24) is 0 Å². The molecule has 0 aliphatic carbocycles. The van der Waals surface area contributed by atoms with Gasteiger partial charge in [0.25, 0.3) is 0 Å². The second-order valence-electron chi connectivity index (χ2n) is 16.1. The highest BCUT2D eigenvalue weighted by Gasteiger charge is 2.20. The van der Waals surface area contributed by atoms with Gasteiger partial charge in [-0.1, -0.05) is 176 Å². The van der Waals surface area contributed by atoms with Crippen LogP contribution in [0, 0.1) is 0 Å². The van der Waals surface area contributed by atoms with Crippen molar-refractivity contribution in [3.63, 3.8) is 0 Å². The Balaban J connectivity index is 1.06. The molecular weight excluding hydrogens is 751 g/mol. The molecule has 0 atom stereocenters. The van der Waals surface area contributed by atoms with Gasteiger partial charge >= 0.3 is 0 Å². The molecule has 0 radical (unpaired) electrons. The van der Waals surface area contributed by atoms with E-state index in [0.717, 1.165) is 55.7 Å². The number of benzene rings is 11. The van der Waals surface area contributed by atoms with Gasteiger partial charge in [0.1, 0.15) is 11.2 Å². The highest BCUT2D eigenvalue weighted by molar-refractivity contribution is 6.22. The van der Waals surface area contributed by atoms with E-state index in [0.29, 0.717) is 0 Å². The van der Waals surface area contributed by atoms with Crippen molar-refractivity contribution in [1.29, 1.82) is 0 Å². The zero-order chi connectivity index (χ0) is 41.0. The molecule has 12 rings (SSSR count). The van der Waals surface area contributed by atoms with Crippen molar-refractivity contribution in [2.45, 2.75) is 0 Å². The standard InChI is InChI=1S/C60H39NO/c1-3-16-41(17-4-1)59-54-27-10-9-25-51(54)52-33-31-47(38-56(52)60(59)42-18-5-2-6-19-42)45-22-14-24-49(37-45)61(50-32-34-58-55(39-50)53-26-11-12-28-57(53)62-58)48-23-13-21-44(36-48)46-30-29-40-15-7-8-20-43(40)35-46/h1-39H. The van der Waals surface area contributed by atoms with Crippen LogP contribution in [0.25, 0.3) is 98.8 Å². The third-order valence-electron chi connectivity index (χ3n) is 12.4. The first-order chi connectivity index (χ1) is 30.7. The van der Waals surface area contributed by atoms with Crippen LogP contribution in [-0.4, -0.2) is 0 Å². The van der Waals surface area contributed by atoms with Crippen molar-refractivity contribution in [3.05, 3.63) is 237 Å². The maximum absolute atomic E-state index is 6.31. The van der Waals surface area contributed by atoms with Crippen LogP contribution in [0.3, 0.4) is 0 Å². The average molecular weight is 790 g/mol. The van der Waals surface area contributed by atoms with Gasteiger partial charge in [-0.25, -0.2) is 0 Å². The number of fused-ring (bicyclic) bond motifs is 7. The largest absolute Gasteiger partial charge is 0.456 e. The zero-order valence-electron chi connectivity index (χ0n) is 33.9. The van der Waals surface area contributed by atoms with E-state index in [1.54, 1.807) is 0 Å². The minimum Gasteiger partial charge on any atom is -0.456 e. The number of hydrogen-bond acceptors (Lipinski definition) is 2. The lowest BCUT2D eigenvalue weighted by molar-refractivity contribution is 0.669. The van der Waals surface area contributed by atoms with Crippen LogP contribution < -0.4 is 4.90 Å². The Kier molecular flexibility index (Phi) is 8.53. The molecule has 62 heavy (non-hydrogen) atoms. The summed E-state index contributed by atoms with van der Waals surface area (Å²) < 4.78 is 6.31. The Labute approximate surface area is 360 Å². The van der Waals surface area contributed by atoms with Crippen molar-refractivity contribution < 1.29 is 4.42 Å². The molecule has 0 aliphatic rings. The molecule has 0 bridgehead atoms. The molecule has 12 aromatic rings. The molecule has 1 heterocycles. The first-order valence-corrected chi connectivity index (χ1v) is 21.2. The molecule has 290 valence electrons. The molecule has 0 saturated carbocycles. The molecule has 2 nitrogen and oxygen atoms in total. The number of anilines is 3. The summed E-state index contributed by atoms with van der Waals surface area (Å²) in [4.78, 5) is 2.38. The third kappa shape index (κ3) is 6.12. The molecular formula is C60H39NO. The van der Waals surface area contributed by atoms with E-state index in [2.05, 4.69) is 229 Å². The fourth-order valence-corrected chi connectivity index (χ4v) is 9.50. The minimum atomic E-state index is 0.876. The number of para-hydroxylation sites is 1. The summed E-state index contributed by atoms with van der Waals surface area (Å²) in [6.45, 7) is 0. The van der Waals surface area contributed by atoms with Crippen molar-refractivity contribution in [2.24, 2.45) is 0 Å². The lowest BCUT2D eigenvalue weighted by Gasteiger charge is -2.27. The van der Waals surface area contributed by atoms with Crippen LogP contribution in [-0.2, 0) is 0 Å². The summed E-state index contributed by atoms with van der Waals surface area (Å²) in [7, 11) is 0. The predicted octanol–water partition coefficient (Wildman–Crippen LogP) is 17.2. The fourth-order valence-electron chi connectivity index (χ4n) is 9.50. The highest BCUT2D eigenvalue weighted by atomic mass is 16.3. The second-order valence-corrected chi connectivity index (χ2v) is 16.1. The van der Waals surface area contributed by atoms with Gasteiger partial charge in [0.2, 0.25) is 0 Å². The summed E-state index contributed by atoms with van der Waals surface area (Å²) in [5.41, 5.74) is 14.5. The van der Waals surface area contributed by atoms with Gasteiger partial charge in [0.05, 0.1) is 0 Å². The Morgan fingerprint density at radius 3 is 1.47 bits per heavy atom. The third-order valence-corrected chi connectivity index (χ3v) is 12.4. The van der Waals surface area contributed by atoms with Gasteiger partial charge < -0.3 is 9.32 Å². The first kappa shape index (κ1) is 35.7. The van der Waals surface area contributed by atoms with E-state index in [4.69, 9.17) is 4.42 Å². The van der Waals surface area contributed by atoms with Crippen molar-refractivity contribution >= 4 is 71.3 Å². The lowest BCUT2D eigenvalue weighted by Crippen LogP contribution is -2.10. The van der Waals surface area contributed by atoms with Crippen LogP contribution in [0.5, 0.6) is 0 Å². The summed E-state index contributed by atoms with van der Waals surface area (Å²) >= 11 is 0. The monoisotopic (exact) mass is 789 g/mol. The molecule has 11 aromatic carbocycles. The van der Waals surface area contributed by atoms with Gasteiger partial charge in [-0.3, -0.25) is 0 Å². The molecule has 0 spiro atoms. The lowest BCUT2D eigenvalue weighted by atomic mass is 9.84. The van der Waals surface area contributed by atoms with Crippen LogP contribution in [0.15, 0.2) is 241 Å². The van der Waals surface area contributed by atoms with E-state index < -0.39 is 0 Å². The Morgan fingerprint density at radius 1 is 0.242 bits per heavy atom. The highest BCUT2D eigenvalue weighted by Crippen LogP contribution is 2.46. The van der Waals surface area contributed by atoms with Gasteiger partial charge in [0, 0.05) is 27.8 Å². The SMILES string of the molecule is c1ccc(-c2c(-c3ccccc3)c3cc(-c4cccc(N(c5cccc(-c6ccc7ccccc7c6)c5)c5ccc6oc7ccccc7c6c5)c4)ccc3c3ccccc23)cc1.